The van der Waals surface area contributed by atoms with E-state index >= 15 is 0 Å². The molecular weight excluding hydrogens is 358 g/mol. The quantitative estimate of drug-likeness (QED) is 0.402. The second kappa shape index (κ2) is 9.74. The molecule has 0 saturated heterocycles. The zero-order valence-corrected chi connectivity index (χ0v) is 16.0. The minimum absolute atomic E-state index is 0.590. The number of nitriles is 1. The number of thioether (sulfide) groups is 1. The lowest BCUT2D eigenvalue weighted by molar-refractivity contribution is 0.340. The molecule has 0 atom stereocenters. The van der Waals surface area contributed by atoms with E-state index in [9.17, 15) is 0 Å². The fourth-order valence-corrected chi connectivity index (χ4v) is 3.56. The molecule has 0 radical (unpaired) electrons. The highest BCUT2D eigenvalue weighted by Gasteiger charge is 2.16. The Labute approximate surface area is 163 Å². The number of hydrogen-bond acceptors (Lipinski definition) is 6. The first-order chi connectivity index (χ1) is 13.3. The number of unbranched alkanes of at least 4 members (excludes halogenated alkanes) is 2. The number of rotatable bonds is 9. The minimum atomic E-state index is 0.590. The highest BCUT2D eigenvalue weighted by molar-refractivity contribution is 7.99. The van der Waals surface area contributed by atoms with Gasteiger partial charge in [0.1, 0.15) is 5.75 Å². The number of hydrogen-bond donors (Lipinski definition) is 0. The van der Waals surface area contributed by atoms with Crippen LogP contribution in [0, 0.1) is 11.3 Å². The van der Waals surface area contributed by atoms with E-state index in [0.29, 0.717) is 13.0 Å². The molecule has 0 spiro atoms. The van der Waals surface area contributed by atoms with Gasteiger partial charge in [-0.2, -0.15) is 5.26 Å². The van der Waals surface area contributed by atoms with E-state index in [-0.39, 0.29) is 0 Å². The van der Waals surface area contributed by atoms with Gasteiger partial charge in [0.05, 0.1) is 12.7 Å². The Balaban J connectivity index is 1.90. The Bertz CT molecular complexity index is 887. The zero-order chi connectivity index (χ0) is 18.9. The Morgan fingerprint density at radius 2 is 2.00 bits per heavy atom. The van der Waals surface area contributed by atoms with Gasteiger partial charge in [0.2, 0.25) is 0 Å². The lowest BCUT2D eigenvalue weighted by Crippen LogP contribution is -2.01. The topological polar surface area (TPSA) is 76.6 Å². The number of pyridine rings is 1. The third kappa shape index (κ3) is 4.86. The largest absolute Gasteiger partial charge is 0.494 e. The van der Waals surface area contributed by atoms with Gasteiger partial charge in [-0.15, -0.1) is 10.2 Å². The first-order valence-corrected chi connectivity index (χ1v) is 9.91. The van der Waals surface area contributed by atoms with Crippen molar-refractivity contribution in [3.8, 4) is 28.9 Å². The predicted octanol–water partition coefficient (Wildman–Crippen LogP) is 4.51. The summed E-state index contributed by atoms with van der Waals surface area (Å²) in [5, 5.41) is 18.3. The van der Waals surface area contributed by atoms with Crippen LogP contribution in [0.3, 0.4) is 0 Å². The molecule has 6 nitrogen and oxygen atoms in total. The molecule has 3 aromatic rings. The van der Waals surface area contributed by atoms with Gasteiger partial charge in [0, 0.05) is 35.8 Å². The molecule has 0 unspecified atom stereocenters. The van der Waals surface area contributed by atoms with Gasteiger partial charge in [-0.25, -0.2) is 0 Å². The van der Waals surface area contributed by atoms with Crippen molar-refractivity contribution >= 4 is 11.8 Å². The van der Waals surface area contributed by atoms with E-state index in [1.807, 2.05) is 47.9 Å². The maximum atomic E-state index is 8.67. The van der Waals surface area contributed by atoms with Crippen LogP contribution in [0.4, 0.5) is 0 Å². The van der Waals surface area contributed by atoms with E-state index in [0.717, 1.165) is 46.6 Å². The zero-order valence-electron chi connectivity index (χ0n) is 15.2. The van der Waals surface area contributed by atoms with Gasteiger partial charge < -0.3 is 4.74 Å². The van der Waals surface area contributed by atoms with Crippen molar-refractivity contribution in [2.24, 2.45) is 0 Å². The Morgan fingerprint density at radius 1 is 1.15 bits per heavy atom. The van der Waals surface area contributed by atoms with Crippen LogP contribution in [0.2, 0.25) is 0 Å². The molecule has 2 heterocycles. The fourth-order valence-electron chi connectivity index (χ4n) is 2.61. The molecule has 0 saturated carbocycles. The molecule has 0 fully saturated rings. The summed E-state index contributed by atoms with van der Waals surface area (Å²) >= 11 is 1.65. The van der Waals surface area contributed by atoms with E-state index in [4.69, 9.17) is 10.00 Å². The van der Waals surface area contributed by atoms with Gasteiger partial charge >= 0.3 is 0 Å². The summed E-state index contributed by atoms with van der Waals surface area (Å²) in [6, 6.07) is 14.0. The molecule has 0 N–H and O–H groups in total. The van der Waals surface area contributed by atoms with Gasteiger partial charge in [0.25, 0.3) is 0 Å². The Hall–Kier alpha value is -2.85. The number of benzene rings is 1. The van der Waals surface area contributed by atoms with Crippen LogP contribution < -0.4 is 4.74 Å². The van der Waals surface area contributed by atoms with Crippen LogP contribution in [-0.4, -0.2) is 32.1 Å². The third-order valence-electron chi connectivity index (χ3n) is 3.87. The van der Waals surface area contributed by atoms with Crippen molar-refractivity contribution in [1.82, 2.24) is 19.7 Å². The lowest BCUT2D eigenvalue weighted by atomic mass is 10.2. The second-order valence-electron chi connectivity index (χ2n) is 5.77. The molecule has 27 heavy (non-hydrogen) atoms. The van der Waals surface area contributed by atoms with Crippen LogP contribution in [0.25, 0.3) is 17.1 Å². The van der Waals surface area contributed by atoms with Gasteiger partial charge in [-0.3, -0.25) is 9.55 Å². The smallest absolute Gasteiger partial charge is 0.196 e. The molecule has 1 aromatic carbocycles. The maximum Gasteiger partial charge on any atom is 0.196 e. The Morgan fingerprint density at radius 3 is 2.70 bits per heavy atom. The van der Waals surface area contributed by atoms with E-state index in [2.05, 4.69) is 21.3 Å². The SMILES string of the molecule is CCOc1ccc(-n2c(SCCCCC#N)nnc2-c2cccnc2)cc1. The van der Waals surface area contributed by atoms with Gasteiger partial charge in [-0.05, 0) is 56.2 Å². The summed E-state index contributed by atoms with van der Waals surface area (Å²) in [6.45, 7) is 2.60. The normalized spacial score (nSPS) is 10.5. The molecular formula is C20H21N5OS. The molecule has 2 aromatic heterocycles. The van der Waals surface area contributed by atoms with Crippen molar-refractivity contribution in [3.05, 3.63) is 48.8 Å². The van der Waals surface area contributed by atoms with Crippen LogP contribution >= 0.6 is 11.8 Å². The van der Waals surface area contributed by atoms with Crippen molar-refractivity contribution < 1.29 is 4.74 Å². The fraction of sp³-hybridized carbons (Fsp3) is 0.300. The average molecular weight is 379 g/mol. The molecule has 0 aliphatic rings. The van der Waals surface area contributed by atoms with Crippen LogP contribution in [0.15, 0.2) is 53.9 Å². The number of aromatic nitrogens is 4. The van der Waals surface area contributed by atoms with E-state index in [1.54, 1.807) is 24.2 Å². The molecule has 0 bridgehead atoms. The van der Waals surface area contributed by atoms with Crippen molar-refractivity contribution in [2.45, 2.75) is 31.3 Å². The highest BCUT2D eigenvalue weighted by Crippen LogP contribution is 2.29. The number of nitrogens with zero attached hydrogens (tertiary/aromatic N) is 5. The first-order valence-electron chi connectivity index (χ1n) is 8.92. The molecule has 7 heteroatoms. The molecule has 0 aliphatic heterocycles. The van der Waals surface area contributed by atoms with Crippen molar-refractivity contribution in [2.75, 3.05) is 12.4 Å². The monoisotopic (exact) mass is 379 g/mol. The first kappa shape index (κ1) is 18.9. The Kier molecular flexibility index (Phi) is 6.83. The predicted molar refractivity (Wildman–Crippen MR) is 106 cm³/mol. The summed E-state index contributed by atoms with van der Waals surface area (Å²) in [4.78, 5) is 4.20. The van der Waals surface area contributed by atoms with Gasteiger partial charge in [-0.1, -0.05) is 11.8 Å². The van der Waals surface area contributed by atoms with Crippen molar-refractivity contribution in [1.29, 1.82) is 5.26 Å². The maximum absolute atomic E-state index is 8.67. The summed E-state index contributed by atoms with van der Waals surface area (Å²) in [7, 11) is 0. The summed E-state index contributed by atoms with van der Waals surface area (Å²) < 4.78 is 7.59. The third-order valence-corrected chi connectivity index (χ3v) is 4.89. The molecule has 0 aliphatic carbocycles. The van der Waals surface area contributed by atoms with E-state index < -0.39 is 0 Å². The highest BCUT2D eigenvalue weighted by atomic mass is 32.2. The molecule has 138 valence electrons. The van der Waals surface area contributed by atoms with E-state index in [1.165, 1.54) is 0 Å². The molecule has 3 rings (SSSR count). The van der Waals surface area contributed by atoms with Crippen molar-refractivity contribution in [3.63, 3.8) is 0 Å². The standard InChI is InChI=1S/C20H21N5OS/c1-2-26-18-10-8-17(9-11-18)25-19(16-7-6-13-22-15-16)23-24-20(25)27-14-5-3-4-12-21/h6-11,13,15H,2-5,14H2,1H3. The summed E-state index contributed by atoms with van der Waals surface area (Å²) in [6.07, 6.45) is 5.99. The van der Waals surface area contributed by atoms with Gasteiger partial charge in [0.15, 0.2) is 11.0 Å². The number of ether oxygens (including phenoxy) is 1. The van der Waals surface area contributed by atoms with Crippen LogP contribution in [0.5, 0.6) is 5.75 Å². The average Bonchev–Trinajstić information content (AvgIpc) is 3.13. The summed E-state index contributed by atoms with van der Waals surface area (Å²) in [5.74, 6) is 2.49. The molecule has 0 amide bonds. The lowest BCUT2D eigenvalue weighted by Gasteiger charge is -2.11. The summed E-state index contributed by atoms with van der Waals surface area (Å²) in [5.41, 5.74) is 1.89. The van der Waals surface area contributed by atoms with Crippen LogP contribution in [-0.2, 0) is 0 Å². The van der Waals surface area contributed by atoms with Crippen LogP contribution in [0.1, 0.15) is 26.2 Å². The minimum Gasteiger partial charge on any atom is -0.494 e. The second-order valence-corrected chi connectivity index (χ2v) is 6.84.